The molecule has 2 aromatic rings. The van der Waals surface area contributed by atoms with Crippen LogP contribution in [0.3, 0.4) is 0 Å². The van der Waals surface area contributed by atoms with E-state index >= 15 is 0 Å². The molecule has 5 heteroatoms. The van der Waals surface area contributed by atoms with Crippen LogP contribution in [0.1, 0.15) is 31.1 Å². The van der Waals surface area contributed by atoms with Crippen LogP contribution >= 0.6 is 11.8 Å². The molecule has 1 aliphatic rings. The van der Waals surface area contributed by atoms with Crippen LogP contribution in [0.2, 0.25) is 0 Å². The highest BCUT2D eigenvalue weighted by Gasteiger charge is 2.32. The molecule has 0 amide bonds. The molecule has 1 aromatic carbocycles. The van der Waals surface area contributed by atoms with Crippen LogP contribution in [-0.2, 0) is 0 Å². The van der Waals surface area contributed by atoms with Gasteiger partial charge in [0.2, 0.25) is 5.78 Å². The minimum Gasteiger partial charge on any atom is -0.497 e. The third kappa shape index (κ3) is 2.65. The van der Waals surface area contributed by atoms with Crippen molar-refractivity contribution in [1.29, 1.82) is 0 Å². The van der Waals surface area contributed by atoms with Crippen molar-refractivity contribution in [2.75, 3.05) is 12.9 Å². The third-order valence-corrected chi connectivity index (χ3v) is 5.03. The summed E-state index contributed by atoms with van der Waals surface area (Å²) in [5.74, 6) is 1.66. The van der Waals surface area contributed by atoms with Crippen molar-refractivity contribution in [3.8, 4) is 5.75 Å². The fourth-order valence-electron chi connectivity index (χ4n) is 2.48. The Balaban J connectivity index is 1.93. The first-order valence-electron chi connectivity index (χ1n) is 7.30. The van der Waals surface area contributed by atoms with E-state index in [0.29, 0.717) is 10.6 Å². The molecular weight excluding hydrogens is 296 g/mol. The van der Waals surface area contributed by atoms with E-state index in [4.69, 9.17) is 4.74 Å². The summed E-state index contributed by atoms with van der Waals surface area (Å²) in [5.41, 5.74) is 1.67. The Morgan fingerprint density at radius 1 is 1.41 bits per heavy atom. The molecule has 0 radical (unpaired) electrons. The number of rotatable bonds is 3. The lowest BCUT2D eigenvalue weighted by atomic mass is 9.88. The average Bonchev–Trinajstić information content (AvgIpc) is 3.12. The van der Waals surface area contributed by atoms with Crippen molar-refractivity contribution < 1.29 is 9.53 Å². The van der Waals surface area contributed by atoms with E-state index in [-0.39, 0.29) is 17.2 Å². The molecule has 0 bridgehead atoms. The first kappa shape index (κ1) is 15.2. The molecular formula is C17H20N2O2S. The second kappa shape index (κ2) is 5.47. The van der Waals surface area contributed by atoms with Crippen LogP contribution in [0.15, 0.2) is 29.4 Å². The SMILES string of the molecule is COc1ccc2c(C(=O)C3=NC(C(C)(C)C)CS3)c[nH]c2c1. The van der Waals surface area contributed by atoms with Gasteiger partial charge < -0.3 is 9.72 Å². The van der Waals surface area contributed by atoms with Gasteiger partial charge in [-0.05, 0) is 17.5 Å². The van der Waals surface area contributed by atoms with E-state index in [2.05, 4.69) is 30.7 Å². The number of H-pyrrole nitrogens is 1. The van der Waals surface area contributed by atoms with Gasteiger partial charge in [-0.15, -0.1) is 11.8 Å². The quantitative estimate of drug-likeness (QED) is 0.873. The minimum atomic E-state index is 0.00756. The number of methoxy groups -OCH3 is 1. The van der Waals surface area contributed by atoms with Gasteiger partial charge in [-0.25, -0.2) is 0 Å². The van der Waals surface area contributed by atoms with Crippen molar-refractivity contribution >= 4 is 33.5 Å². The van der Waals surface area contributed by atoms with Gasteiger partial charge in [0, 0.05) is 28.9 Å². The number of hydrogen-bond donors (Lipinski definition) is 1. The van der Waals surface area contributed by atoms with Gasteiger partial charge in [-0.1, -0.05) is 20.8 Å². The van der Waals surface area contributed by atoms with Crippen LogP contribution in [0.5, 0.6) is 5.75 Å². The third-order valence-electron chi connectivity index (χ3n) is 3.98. The molecule has 1 aliphatic heterocycles. The maximum absolute atomic E-state index is 12.7. The predicted molar refractivity (Wildman–Crippen MR) is 92.3 cm³/mol. The number of nitrogens with one attached hydrogen (secondary N) is 1. The first-order chi connectivity index (χ1) is 10.4. The standard InChI is InChI=1S/C17H20N2O2S/c1-17(2,3)14-9-22-16(19-14)15(20)12-8-18-13-7-10(21-4)5-6-11(12)13/h5-8,14,18H,9H2,1-4H3. The van der Waals surface area contributed by atoms with Crippen molar-refractivity contribution in [2.24, 2.45) is 10.4 Å². The molecule has 1 N–H and O–H groups in total. The van der Waals surface area contributed by atoms with Gasteiger partial charge in [0.15, 0.2) is 0 Å². The highest BCUT2D eigenvalue weighted by Crippen LogP contribution is 2.33. The molecule has 22 heavy (non-hydrogen) atoms. The van der Waals surface area contributed by atoms with Crippen LogP contribution in [0.4, 0.5) is 0 Å². The number of Topliss-reactive ketones (excluding diaryl/α,β-unsaturated/α-hetero) is 1. The number of fused-ring (bicyclic) bond motifs is 1. The summed E-state index contributed by atoms with van der Waals surface area (Å²) < 4.78 is 5.21. The summed E-state index contributed by atoms with van der Waals surface area (Å²) in [4.78, 5) is 20.5. The molecule has 4 nitrogen and oxygen atoms in total. The lowest BCUT2D eigenvalue weighted by Crippen LogP contribution is -2.24. The van der Waals surface area contributed by atoms with E-state index in [1.165, 1.54) is 0 Å². The number of ketones is 1. The normalized spacial score (nSPS) is 18.5. The maximum atomic E-state index is 12.7. The van der Waals surface area contributed by atoms with Gasteiger partial charge in [-0.2, -0.15) is 0 Å². The summed E-state index contributed by atoms with van der Waals surface area (Å²) in [6.45, 7) is 6.48. The van der Waals surface area contributed by atoms with Gasteiger partial charge in [0.1, 0.15) is 10.8 Å². The molecule has 0 aliphatic carbocycles. The number of benzene rings is 1. The summed E-state index contributed by atoms with van der Waals surface area (Å²) in [7, 11) is 1.63. The van der Waals surface area contributed by atoms with Crippen molar-refractivity contribution in [2.45, 2.75) is 26.8 Å². The fourth-order valence-corrected chi connectivity index (χ4v) is 3.81. The average molecular weight is 316 g/mol. The number of nitrogens with zero attached hydrogens (tertiary/aromatic N) is 1. The Bertz CT molecular complexity index is 756. The molecule has 1 unspecified atom stereocenters. The number of aliphatic imine (C=N–C) groups is 1. The topological polar surface area (TPSA) is 54.4 Å². The van der Waals surface area contributed by atoms with Crippen LogP contribution in [0, 0.1) is 5.41 Å². The smallest absolute Gasteiger partial charge is 0.219 e. The summed E-state index contributed by atoms with van der Waals surface area (Å²) >= 11 is 1.56. The Morgan fingerprint density at radius 3 is 2.82 bits per heavy atom. The minimum absolute atomic E-state index is 0.00756. The second-order valence-corrected chi connectivity index (χ2v) is 7.58. The van der Waals surface area contributed by atoms with Crippen LogP contribution < -0.4 is 4.74 Å². The zero-order valence-electron chi connectivity index (χ0n) is 13.3. The Labute approximate surface area is 134 Å². The largest absolute Gasteiger partial charge is 0.497 e. The molecule has 116 valence electrons. The maximum Gasteiger partial charge on any atom is 0.219 e. The monoisotopic (exact) mass is 316 g/mol. The number of hydrogen-bond acceptors (Lipinski definition) is 4. The summed E-state index contributed by atoms with van der Waals surface area (Å²) in [6.07, 6.45) is 1.76. The van der Waals surface area contributed by atoms with Gasteiger partial charge in [-0.3, -0.25) is 9.79 Å². The zero-order chi connectivity index (χ0) is 15.9. The first-order valence-corrected chi connectivity index (χ1v) is 8.29. The molecule has 2 heterocycles. The molecule has 3 rings (SSSR count). The van der Waals surface area contributed by atoms with Gasteiger partial charge >= 0.3 is 0 Å². The van der Waals surface area contributed by atoms with E-state index in [1.54, 1.807) is 25.1 Å². The van der Waals surface area contributed by atoms with Crippen molar-refractivity contribution in [1.82, 2.24) is 4.98 Å². The molecule has 1 aromatic heterocycles. The van der Waals surface area contributed by atoms with Crippen molar-refractivity contribution in [3.63, 3.8) is 0 Å². The highest BCUT2D eigenvalue weighted by molar-refractivity contribution is 8.16. The number of aromatic amines is 1. The molecule has 1 atom stereocenters. The van der Waals surface area contributed by atoms with Gasteiger partial charge in [0.25, 0.3) is 0 Å². The van der Waals surface area contributed by atoms with E-state index in [9.17, 15) is 4.79 Å². The molecule has 0 saturated heterocycles. The zero-order valence-corrected chi connectivity index (χ0v) is 14.1. The molecule has 0 spiro atoms. The summed E-state index contributed by atoms with van der Waals surface area (Å²) in [5, 5.41) is 1.53. The number of carbonyl (C=O) groups is 1. The number of ether oxygens (including phenoxy) is 1. The Morgan fingerprint density at radius 2 is 2.18 bits per heavy atom. The lowest BCUT2D eigenvalue weighted by molar-refractivity contribution is 0.107. The second-order valence-electron chi connectivity index (χ2n) is 6.57. The fraction of sp³-hybridized carbons (Fsp3) is 0.412. The highest BCUT2D eigenvalue weighted by atomic mass is 32.2. The summed E-state index contributed by atoms with van der Waals surface area (Å²) in [6, 6.07) is 5.88. The van der Waals surface area contributed by atoms with Crippen molar-refractivity contribution in [3.05, 3.63) is 30.0 Å². The van der Waals surface area contributed by atoms with E-state index < -0.39 is 0 Å². The van der Waals surface area contributed by atoms with Gasteiger partial charge in [0.05, 0.1) is 18.7 Å². The van der Waals surface area contributed by atoms with E-state index in [0.717, 1.165) is 22.4 Å². The Hall–Kier alpha value is -1.75. The Kier molecular flexibility index (Phi) is 3.77. The number of carbonyl (C=O) groups excluding carboxylic acids is 1. The predicted octanol–water partition coefficient (Wildman–Crippen LogP) is 3.92. The molecule has 0 fully saturated rings. The van der Waals surface area contributed by atoms with Crippen LogP contribution in [-0.4, -0.2) is 34.7 Å². The van der Waals surface area contributed by atoms with Crippen LogP contribution in [0.25, 0.3) is 10.9 Å². The lowest BCUT2D eigenvalue weighted by Gasteiger charge is -2.23. The molecule has 0 saturated carbocycles. The number of aromatic nitrogens is 1. The number of thioether (sulfide) groups is 1. The van der Waals surface area contributed by atoms with E-state index in [1.807, 2.05) is 18.2 Å².